The Bertz CT molecular complexity index is 995. The highest BCUT2D eigenvalue weighted by Crippen LogP contribution is 2.19. The molecule has 8 heteroatoms. The maximum absolute atomic E-state index is 13.0. The number of hydrogen-bond acceptors (Lipinski definition) is 4. The number of aryl methyl sites for hydroxylation is 1. The molecule has 0 aliphatic carbocycles. The van der Waals surface area contributed by atoms with Crippen LogP contribution in [0.1, 0.15) is 10.5 Å². The van der Waals surface area contributed by atoms with E-state index in [1.54, 1.807) is 43.6 Å². The Labute approximate surface area is 154 Å². The second-order valence-electron chi connectivity index (χ2n) is 6.10. The molecular formula is C19H19FN4O3. The van der Waals surface area contributed by atoms with Gasteiger partial charge in [0.25, 0.3) is 11.5 Å². The largest absolute Gasteiger partial charge is 0.389 e. The monoisotopic (exact) mass is 370 g/mol. The first-order chi connectivity index (χ1) is 12.9. The van der Waals surface area contributed by atoms with E-state index in [1.165, 1.54) is 27.4 Å². The van der Waals surface area contributed by atoms with E-state index >= 15 is 0 Å². The number of amides is 1. The van der Waals surface area contributed by atoms with Crippen LogP contribution in [0.25, 0.3) is 11.3 Å². The van der Waals surface area contributed by atoms with Gasteiger partial charge in [0.05, 0.1) is 18.3 Å². The summed E-state index contributed by atoms with van der Waals surface area (Å²) >= 11 is 0. The molecule has 0 saturated carbocycles. The lowest BCUT2D eigenvalue weighted by molar-refractivity contribution is 0.0894. The molecular weight excluding hydrogens is 351 g/mol. The van der Waals surface area contributed by atoms with Crippen molar-refractivity contribution in [3.63, 3.8) is 0 Å². The van der Waals surface area contributed by atoms with Crippen molar-refractivity contribution in [1.29, 1.82) is 0 Å². The number of carbonyl (C=O) groups excluding carboxylic acids is 1. The van der Waals surface area contributed by atoms with Crippen molar-refractivity contribution in [2.75, 3.05) is 6.54 Å². The first-order valence-corrected chi connectivity index (χ1v) is 8.36. The molecule has 1 aromatic carbocycles. The number of carbonyl (C=O) groups is 1. The lowest BCUT2D eigenvalue weighted by Crippen LogP contribution is -2.37. The van der Waals surface area contributed by atoms with Gasteiger partial charge in [-0.1, -0.05) is 6.07 Å². The summed E-state index contributed by atoms with van der Waals surface area (Å²) in [6, 6.07) is 12.1. The second-order valence-corrected chi connectivity index (χ2v) is 6.10. The highest BCUT2D eigenvalue weighted by molar-refractivity contribution is 5.93. The van der Waals surface area contributed by atoms with Crippen LogP contribution in [0.3, 0.4) is 0 Å². The van der Waals surface area contributed by atoms with Crippen LogP contribution in [0, 0.1) is 5.82 Å². The fraction of sp³-hybridized carbons (Fsp3) is 0.211. The number of aromatic nitrogens is 3. The molecule has 0 aliphatic rings. The zero-order valence-corrected chi connectivity index (χ0v) is 14.7. The average Bonchev–Trinajstić information content (AvgIpc) is 3.04. The highest BCUT2D eigenvalue weighted by Gasteiger charge is 2.16. The van der Waals surface area contributed by atoms with Crippen molar-refractivity contribution in [1.82, 2.24) is 19.7 Å². The molecule has 0 aliphatic heterocycles. The standard InChI is InChI=1S/C19H19FN4O3/c1-23-17(10-16(22-23)13-5-7-14(20)8-6-13)19(27)21-11-15(25)12-24-9-3-2-4-18(24)26/h2-10,15,25H,11-12H2,1H3,(H,21,27)/t15-/m0/s1. The summed E-state index contributed by atoms with van der Waals surface area (Å²) in [6.45, 7) is 0.0589. The van der Waals surface area contributed by atoms with Crippen LogP contribution in [0.5, 0.6) is 0 Å². The maximum Gasteiger partial charge on any atom is 0.269 e. The normalized spacial score (nSPS) is 12.0. The smallest absolute Gasteiger partial charge is 0.269 e. The lowest BCUT2D eigenvalue weighted by Gasteiger charge is -2.13. The molecule has 0 unspecified atom stereocenters. The predicted molar refractivity (Wildman–Crippen MR) is 97.6 cm³/mol. The van der Waals surface area contributed by atoms with Crippen molar-refractivity contribution in [2.24, 2.45) is 7.05 Å². The SMILES string of the molecule is Cn1nc(-c2ccc(F)cc2)cc1C(=O)NC[C@H](O)Cn1ccccc1=O. The first-order valence-electron chi connectivity index (χ1n) is 8.36. The number of halogens is 1. The number of nitrogens with one attached hydrogen (secondary N) is 1. The van der Waals surface area contributed by atoms with E-state index < -0.39 is 12.0 Å². The van der Waals surface area contributed by atoms with Gasteiger partial charge in [-0.25, -0.2) is 4.39 Å². The number of hydrogen-bond donors (Lipinski definition) is 2. The van der Waals surface area contributed by atoms with E-state index in [2.05, 4.69) is 10.4 Å². The molecule has 0 bridgehead atoms. The Kier molecular flexibility index (Phi) is 5.46. The van der Waals surface area contributed by atoms with Gasteiger partial charge in [0.1, 0.15) is 11.5 Å². The number of aliphatic hydroxyl groups excluding tert-OH is 1. The number of benzene rings is 1. The van der Waals surface area contributed by atoms with Gasteiger partial charge in [0.15, 0.2) is 0 Å². The van der Waals surface area contributed by atoms with Crippen molar-refractivity contribution in [2.45, 2.75) is 12.6 Å². The van der Waals surface area contributed by atoms with Gasteiger partial charge in [-0.2, -0.15) is 5.10 Å². The van der Waals surface area contributed by atoms with E-state index in [-0.39, 0.29) is 24.5 Å². The molecule has 2 N–H and O–H groups in total. The molecule has 1 amide bonds. The van der Waals surface area contributed by atoms with Crippen LogP contribution in [0.4, 0.5) is 4.39 Å². The number of nitrogens with zero attached hydrogens (tertiary/aromatic N) is 3. The van der Waals surface area contributed by atoms with E-state index in [9.17, 15) is 19.1 Å². The van der Waals surface area contributed by atoms with Crippen LogP contribution in [0.15, 0.2) is 59.5 Å². The zero-order chi connectivity index (χ0) is 19.4. The molecule has 3 aromatic rings. The summed E-state index contributed by atoms with van der Waals surface area (Å²) < 4.78 is 15.8. The maximum atomic E-state index is 13.0. The third kappa shape index (κ3) is 4.48. The Morgan fingerprint density at radius 1 is 1.26 bits per heavy atom. The predicted octanol–water partition coefficient (Wildman–Crippen LogP) is 1.18. The number of pyridine rings is 1. The molecule has 2 heterocycles. The Morgan fingerprint density at radius 3 is 2.70 bits per heavy atom. The molecule has 140 valence electrons. The summed E-state index contributed by atoms with van der Waals surface area (Å²) in [5, 5.41) is 17.0. The summed E-state index contributed by atoms with van der Waals surface area (Å²) in [7, 11) is 1.63. The molecule has 2 aromatic heterocycles. The van der Waals surface area contributed by atoms with Gasteiger partial charge in [0.2, 0.25) is 0 Å². The zero-order valence-electron chi connectivity index (χ0n) is 14.7. The van der Waals surface area contributed by atoms with Gasteiger partial charge in [0, 0.05) is 31.4 Å². The molecule has 0 saturated heterocycles. The number of aliphatic hydroxyl groups is 1. The Morgan fingerprint density at radius 2 is 2.00 bits per heavy atom. The van der Waals surface area contributed by atoms with Gasteiger partial charge in [-0.3, -0.25) is 14.3 Å². The van der Waals surface area contributed by atoms with Crippen LogP contribution in [0.2, 0.25) is 0 Å². The summed E-state index contributed by atoms with van der Waals surface area (Å²) in [4.78, 5) is 24.0. The minimum atomic E-state index is -0.918. The molecule has 3 rings (SSSR count). The molecule has 0 spiro atoms. The van der Waals surface area contributed by atoms with Gasteiger partial charge < -0.3 is 15.0 Å². The highest BCUT2D eigenvalue weighted by atomic mass is 19.1. The first kappa shape index (κ1) is 18.5. The molecule has 7 nitrogen and oxygen atoms in total. The fourth-order valence-corrected chi connectivity index (χ4v) is 2.65. The number of rotatable bonds is 6. The molecule has 27 heavy (non-hydrogen) atoms. The fourth-order valence-electron chi connectivity index (χ4n) is 2.65. The van der Waals surface area contributed by atoms with Crippen molar-refractivity contribution in [3.8, 4) is 11.3 Å². The van der Waals surface area contributed by atoms with Gasteiger partial charge in [-0.15, -0.1) is 0 Å². The van der Waals surface area contributed by atoms with Crippen LogP contribution in [-0.2, 0) is 13.6 Å². The van der Waals surface area contributed by atoms with Crippen LogP contribution in [-0.4, -0.2) is 38.0 Å². The molecule has 0 radical (unpaired) electrons. The van der Waals surface area contributed by atoms with E-state index in [0.29, 0.717) is 17.0 Å². The van der Waals surface area contributed by atoms with E-state index in [4.69, 9.17) is 0 Å². The second kappa shape index (κ2) is 7.96. The quantitative estimate of drug-likeness (QED) is 0.682. The molecule has 0 fully saturated rings. The summed E-state index contributed by atoms with van der Waals surface area (Å²) in [5.41, 5.74) is 1.31. The summed E-state index contributed by atoms with van der Waals surface area (Å²) in [5.74, 6) is -0.753. The average molecular weight is 370 g/mol. The Balaban J connectivity index is 1.63. The van der Waals surface area contributed by atoms with Crippen molar-refractivity contribution >= 4 is 5.91 Å². The topological polar surface area (TPSA) is 89.2 Å². The van der Waals surface area contributed by atoms with E-state index in [1.807, 2.05) is 0 Å². The van der Waals surface area contributed by atoms with Crippen LogP contribution >= 0.6 is 0 Å². The Hall–Kier alpha value is -3.26. The third-order valence-corrected chi connectivity index (χ3v) is 4.06. The van der Waals surface area contributed by atoms with Gasteiger partial charge in [-0.05, 0) is 36.4 Å². The van der Waals surface area contributed by atoms with Crippen molar-refractivity contribution in [3.05, 3.63) is 76.6 Å². The minimum Gasteiger partial charge on any atom is -0.389 e. The van der Waals surface area contributed by atoms with Gasteiger partial charge >= 0.3 is 0 Å². The lowest BCUT2D eigenvalue weighted by atomic mass is 10.1. The van der Waals surface area contributed by atoms with Crippen LogP contribution < -0.4 is 10.9 Å². The third-order valence-electron chi connectivity index (χ3n) is 4.06. The van der Waals surface area contributed by atoms with E-state index in [0.717, 1.165) is 0 Å². The summed E-state index contributed by atoms with van der Waals surface area (Å²) in [6.07, 6.45) is 0.655. The molecule has 1 atom stereocenters. The minimum absolute atomic E-state index is 0.0166. The van der Waals surface area contributed by atoms with Crippen molar-refractivity contribution < 1.29 is 14.3 Å².